The Morgan fingerprint density at radius 2 is 0.602 bits per heavy atom. The Morgan fingerprint density at radius 3 is 1.02 bits per heavy atom. The number of nitrogens with zero attached hydrogens (tertiary/aromatic N) is 3. The van der Waals surface area contributed by atoms with Crippen molar-refractivity contribution >= 4 is 287 Å². The molecule has 5 heterocycles. The molecule has 0 unspecified atom stereocenters. The lowest BCUT2D eigenvalue weighted by molar-refractivity contribution is 1.19. The van der Waals surface area contributed by atoms with Crippen LogP contribution in [0.2, 0.25) is 0 Å². The highest BCUT2D eigenvalue weighted by Gasteiger charge is 2.31. The Hall–Kier alpha value is -11.0. The molecule has 0 saturated carbocycles. The standard InChI is InChI=1S/C36H23BrN2S.C24H13BrINS.C19H10BrIS.2C12H11N.C6H5Br/c37-33-31-28-21-11-13-23-30(28)40-36(31)35-32(27-20-10-12-22-29(27)39(35)26-18-8-3-9-19-26)34(33)38(24-14-4-1-5-15-24)25-16-6-2-7-17-25;25-21-19-16-11-5-7-13-18(16)28-24(19)23-20(22(21)26)15-10-4-6-12-17(15)27(23)14-8-2-1-3-9-14;20-17-16-12-7-3-4-8-14(12)22-19(16)13-9-10-5-1-2-6-11(10)15(13)18(17)21;2*1-3-7-11(8-4-1)13-12-9-5-2-6-10-12;7-6-4-2-1-3-5-6/h1-23H;1-13H;1-8H,9H2;2*1-10,13H;1-5H. The van der Waals surface area contributed by atoms with Crippen molar-refractivity contribution < 1.29 is 0 Å². The second-order valence-electron chi connectivity index (χ2n) is 29.4. The van der Waals surface area contributed by atoms with Crippen molar-refractivity contribution in [2.75, 3.05) is 15.5 Å². The topological polar surface area (TPSA) is 37.2 Å². The van der Waals surface area contributed by atoms with Crippen molar-refractivity contribution in [2.45, 2.75) is 6.42 Å². The molecule has 0 spiro atoms. The summed E-state index contributed by atoms with van der Waals surface area (Å²) in [6.07, 6.45) is 1.05. The summed E-state index contributed by atoms with van der Waals surface area (Å²) in [5.41, 5.74) is 21.0. The summed E-state index contributed by atoms with van der Waals surface area (Å²) in [4.78, 5) is 2.40. The smallest absolute Gasteiger partial charge is 0.0741 e. The van der Waals surface area contributed by atoms with Crippen LogP contribution in [0.5, 0.6) is 0 Å². The number of hydrogen-bond acceptors (Lipinski definition) is 6. The molecule has 24 rings (SSSR count). The van der Waals surface area contributed by atoms with Gasteiger partial charge in [-0.25, -0.2) is 0 Å². The summed E-state index contributed by atoms with van der Waals surface area (Å²) in [5.74, 6) is 0. The zero-order valence-electron chi connectivity index (χ0n) is 65.9. The Kier molecular flexibility index (Phi) is 24.7. The number of benzene rings is 18. The van der Waals surface area contributed by atoms with Gasteiger partial charge in [0, 0.05) is 151 Å². The van der Waals surface area contributed by atoms with E-state index in [-0.39, 0.29) is 0 Å². The Balaban J connectivity index is 0.000000105. The molecular weight excluding hydrogens is 2050 g/mol. The maximum atomic E-state index is 4.21. The first-order valence-electron chi connectivity index (χ1n) is 40.2. The first-order valence-corrected chi connectivity index (χ1v) is 48.0. The molecule has 18 aromatic carbocycles. The van der Waals surface area contributed by atoms with Crippen LogP contribution in [-0.4, -0.2) is 9.13 Å². The Labute approximate surface area is 786 Å². The molecule has 14 heteroatoms. The van der Waals surface area contributed by atoms with Crippen LogP contribution >= 0.6 is 143 Å². The maximum absolute atomic E-state index is 4.21. The maximum Gasteiger partial charge on any atom is 0.0741 e. The Bertz CT molecular complexity index is 7520. The van der Waals surface area contributed by atoms with E-state index in [2.05, 4.69) is 400 Å². The van der Waals surface area contributed by atoms with Gasteiger partial charge in [0.05, 0.1) is 41.6 Å². The summed E-state index contributed by atoms with van der Waals surface area (Å²) < 4.78 is 20.2. The molecular formula is C109H73Br4I2N5S3. The van der Waals surface area contributed by atoms with Gasteiger partial charge in [-0.3, -0.25) is 0 Å². The van der Waals surface area contributed by atoms with Crippen LogP contribution in [0.1, 0.15) is 11.1 Å². The SMILES string of the molecule is Brc1c(I)c2c(c3sc4ccccc4c13)Cc1ccccc1-2.Brc1c(I)c2c3ccccc3n(-c3ccccc3)c2c2sc3ccccc3c12.Brc1c(N(c2ccccc2)c2ccccc2)c2c3ccccc3n(-c3ccccc3)c2c2sc3ccccc3c12.Brc1ccccc1.c1ccc(Nc2ccccc2)cc1.c1ccc(Nc2ccccc2)cc1. The molecule has 0 bridgehead atoms. The first-order chi connectivity index (χ1) is 60.6. The van der Waals surface area contributed by atoms with Crippen molar-refractivity contribution in [2.24, 2.45) is 0 Å². The number of halogens is 6. The molecule has 594 valence electrons. The number of thiophene rings is 3. The van der Waals surface area contributed by atoms with Gasteiger partial charge in [-0.2, -0.15) is 0 Å². The van der Waals surface area contributed by atoms with E-state index in [1.54, 1.807) is 0 Å². The zero-order valence-corrected chi connectivity index (χ0v) is 79.0. The number of nitrogens with one attached hydrogen (secondary N) is 2. The van der Waals surface area contributed by atoms with E-state index in [1.165, 1.54) is 148 Å². The number of hydrogen-bond donors (Lipinski definition) is 2. The van der Waals surface area contributed by atoms with Gasteiger partial charge in [-0.05, 0) is 249 Å². The predicted molar refractivity (Wildman–Crippen MR) is 565 cm³/mol. The second kappa shape index (κ2) is 37.2. The number of aromatic nitrogens is 2. The molecule has 5 aromatic heterocycles. The van der Waals surface area contributed by atoms with Gasteiger partial charge in [0.2, 0.25) is 0 Å². The van der Waals surface area contributed by atoms with Gasteiger partial charge in [-0.15, -0.1) is 34.0 Å². The quantitative estimate of drug-likeness (QED) is 0.141. The monoisotopic (exact) mass is 2120 g/mol. The van der Waals surface area contributed by atoms with Gasteiger partial charge >= 0.3 is 0 Å². The van der Waals surface area contributed by atoms with Crippen LogP contribution < -0.4 is 15.5 Å². The molecule has 0 saturated heterocycles. The number of fused-ring (bicyclic) bond motifs is 21. The second-order valence-corrected chi connectivity index (χ2v) is 38.0. The minimum atomic E-state index is 1.05. The van der Waals surface area contributed by atoms with E-state index >= 15 is 0 Å². The lowest BCUT2D eigenvalue weighted by atomic mass is 10.0. The van der Waals surface area contributed by atoms with E-state index in [1.807, 2.05) is 186 Å². The van der Waals surface area contributed by atoms with Gasteiger partial charge in [0.25, 0.3) is 0 Å². The molecule has 0 aliphatic heterocycles. The highest BCUT2D eigenvalue weighted by atomic mass is 127. The van der Waals surface area contributed by atoms with Crippen molar-refractivity contribution in [3.63, 3.8) is 0 Å². The third-order valence-corrected chi connectivity index (χ3v) is 31.9. The predicted octanol–water partition coefficient (Wildman–Crippen LogP) is 36.2. The van der Waals surface area contributed by atoms with Crippen molar-refractivity contribution in [1.29, 1.82) is 0 Å². The van der Waals surface area contributed by atoms with Crippen molar-refractivity contribution in [1.82, 2.24) is 9.13 Å². The fourth-order valence-corrected chi connectivity index (χ4v) is 24.6. The van der Waals surface area contributed by atoms with Crippen LogP contribution in [0.15, 0.2) is 436 Å². The highest BCUT2D eigenvalue weighted by molar-refractivity contribution is 14.1. The molecule has 0 radical (unpaired) electrons. The molecule has 0 fully saturated rings. The average molecular weight is 2120 g/mol. The van der Waals surface area contributed by atoms with E-state index in [4.69, 9.17) is 0 Å². The third-order valence-electron chi connectivity index (χ3n) is 21.8. The number of para-hydroxylation sites is 10. The van der Waals surface area contributed by atoms with Crippen LogP contribution in [-0.2, 0) is 6.42 Å². The zero-order chi connectivity index (χ0) is 83.3. The lowest BCUT2D eigenvalue weighted by Gasteiger charge is -2.28. The van der Waals surface area contributed by atoms with E-state index in [9.17, 15) is 0 Å². The fraction of sp³-hybridized carbons (Fsp3) is 0.00917. The minimum absolute atomic E-state index is 1.05. The minimum Gasteiger partial charge on any atom is -0.356 e. The summed E-state index contributed by atoms with van der Waals surface area (Å²) in [7, 11) is 0. The summed E-state index contributed by atoms with van der Waals surface area (Å²) in [6.45, 7) is 0. The van der Waals surface area contributed by atoms with Gasteiger partial charge < -0.3 is 24.7 Å². The van der Waals surface area contributed by atoms with Crippen molar-refractivity contribution in [3.8, 4) is 22.5 Å². The summed E-state index contributed by atoms with van der Waals surface area (Å²) in [5, 5.41) is 19.6. The van der Waals surface area contributed by atoms with E-state index < -0.39 is 0 Å². The fourth-order valence-electron chi connectivity index (χ4n) is 16.5. The largest absolute Gasteiger partial charge is 0.356 e. The number of anilines is 7. The lowest BCUT2D eigenvalue weighted by Crippen LogP contribution is -2.11. The van der Waals surface area contributed by atoms with E-state index in [0.717, 1.165) is 60.9 Å². The van der Waals surface area contributed by atoms with Crippen molar-refractivity contribution in [3.05, 3.63) is 455 Å². The van der Waals surface area contributed by atoms with Crippen LogP contribution in [0.3, 0.4) is 0 Å². The highest BCUT2D eigenvalue weighted by Crippen LogP contribution is 2.56. The van der Waals surface area contributed by atoms with Gasteiger partial charge in [0.15, 0.2) is 0 Å². The molecule has 5 nitrogen and oxygen atoms in total. The molecule has 0 atom stereocenters. The van der Waals surface area contributed by atoms with E-state index in [0.29, 0.717) is 0 Å². The normalized spacial score (nSPS) is 11.3. The molecule has 23 aromatic rings. The van der Waals surface area contributed by atoms with Gasteiger partial charge in [-0.1, -0.05) is 295 Å². The molecule has 0 amide bonds. The summed E-state index contributed by atoms with van der Waals surface area (Å²) in [6, 6.07) is 146. The molecule has 123 heavy (non-hydrogen) atoms. The summed E-state index contributed by atoms with van der Waals surface area (Å²) >= 11 is 26.0. The Morgan fingerprint density at radius 1 is 0.285 bits per heavy atom. The number of rotatable bonds is 9. The molecule has 1 aliphatic rings. The first kappa shape index (κ1) is 81.7. The van der Waals surface area contributed by atoms with Crippen LogP contribution in [0, 0.1) is 7.14 Å². The molecule has 1 aliphatic carbocycles. The third kappa shape index (κ3) is 16.5. The molecule has 2 N–H and O–H groups in total. The average Bonchev–Trinajstić information content (AvgIpc) is 1.56. The van der Waals surface area contributed by atoms with Crippen LogP contribution in [0.25, 0.3) is 127 Å². The van der Waals surface area contributed by atoms with Crippen LogP contribution in [0.4, 0.5) is 39.8 Å². The van der Waals surface area contributed by atoms with Gasteiger partial charge in [0.1, 0.15) is 0 Å².